The third-order valence-corrected chi connectivity index (χ3v) is 6.33. The van der Waals surface area contributed by atoms with Gasteiger partial charge in [-0.25, -0.2) is 13.1 Å². The highest BCUT2D eigenvalue weighted by Crippen LogP contribution is 2.29. The molecule has 8 nitrogen and oxygen atoms in total. The van der Waals surface area contributed by atoms with Gasteiger partial charge in [0.25, 0.3) is 0 Å². The summed E-state index contributed by atoms with van der Waals surface area (Å²) >= 11 is 0. The summed E-state index contributed by atoms with van der Waals surface area (Å²) in [6, 6.07) is 11.9. The minimum absolute atomic E-state index is 0.00274. The molecule has 0 aromatic heterocycles. The van der Waals surface area contributed by atoms with Crippen LogP contribution in [0, 0.1) is 5.92 Å². The van der Waals surface area contributed by atoms with Crippen LogP contribution in [0.5, 0.6) is 17.2 Å². The predicted octanol–water partition coefficient (Wildman–Crippen LogP) is 2.43. The summed E-state index contributed by atoms with van der Waals surface area (Å²) in [5, 5.41) is 0. The lowest BCUT2D eigenvalue weighted by Gasteiger charge is -2.18. The number of ether oxygens (including phenoxy) is 3. The van der Waals surface area contributed by atoms with Crippen molar-refractivity contribution in [1.29, 1.82) is 0 Å². The summed E-state index contributed by atoms with van der Waals surface area (Å²) in [5.74, 6) is 1.19. The van der Waals surface area contributed by atoms with Crippen LogP contribution in [0.1, 0.15) is 13.3 Å². The quantitative estimate of drug-likeness (QED) is 0.652. The van der Waals surface area contributed by atoms with Gasteiger partial charge in [0, 0.05) is 31.3 Å². The van der Waals surface area contributed by atoms with E-state index in [2.05, 4.69) is 4.72 Å². The van der Waals surface area contributed by atoms with Crippen molar-refractivity contribution in [3.05, 3.63) is 42.5 Å². The van der Waals surface area contributed by atoms with Gasteiger partial charge in [-0.05, 0) is 49.2 Å². The molecule has 1 atom stereocenters. The van der Waals surface area contributed by atoms with Gasteiger partial charge in [-0.2, -0.15) is 0 Å². The molecule has 0 saturated carbocycles. The van der Waals surface area contributed by atoms with Crippen LogP contribution in [0.2, 0.25) is 0 Å². The molecule has 0 radical (unpaired) electrons. The van der Waals surface area contributed by atoms with Gasteiger partial charge < -0.3 is 19.1 Å². The Morgan fingerprint density at radius 2 is 1.77 bits per heavy atom. The maximum Gasteiger partial charge on any atom is 0.244 e. The zero-order chi connectivity index (χ0) is 21.7. The third-order valence-electron chi connectivity index (χ3n) is 4.89. The Bertz CT molecular complexity index is 991. The SMILES string of the molecule is CCOc1ccc(N2CC(CNS(=O)(=O)c3cc(OC)ccc3OC)CC2=O)cc1. The Balaban J connectivity index is 1.67. The van der Waals surface area contributed by atoms with Crippen molar-refractivity contribution in [1.82, 2.24) is 4.72 Å². The first kappa shape index (κ1) is 21.9. The van der Waals surface area contributed by atoms with Crippen molar-refractivity contribution in [2.75, 3.05) is 38.8 Å². The number of nitrogens with one attached hydrogen (secondary N) is 1. The molecule has 0 aliphatic carbocycles. The van der Waals surface area contributed by atoms with Crippen molar-refractivity contribution < 1.29 is 27.4 Å². The molecule has 9 heteroatoms. The molecule has 2 aromatic carbocycles. The van der Waals surface area contributed by atoms with Crippen LogP contribution in [-0.4, -0.2) is 48.2 Å². The van der Waals surface area contributed by atoms with Crippen LogP contribution in [0.15, 0.2) is 47.4 Å². The maximum absolute atomic E-state index is 12.8. The van der Waals surface area contributed by atoms with E-state index in [0.717, 1.165) is 11.4 Å². The van der Waals surface area contributed by atoms with Crippen molar-refractivity contribution in [2.45, 2.75) is 18.2 Å². The number of hydrogen-bond donors (Lipinski definition) is 1. The highest BCUT2D eigenvalue weighted by Gasteiger charge is 2.32. The van der Waals surface area contributed by atoms with E-state index in [1.165, 1.54) is 20.3 Å². The van der Waals surface area contributed by atoms with E-state index in [-0.39, 0.29) is 35.4 Å². The first-order valence-electron chi connectivity index (χ1n) is 9.63. The Hall–Kier alpha value is -2.78. The summed E-state index contributed by atoms with van der Waals surface area (Å²) in [6.07, 6.45) is 0.269. The molecule has 1 unspecified atom stereocenters. The van der Waals surface area contributed by atoms with E-state index in [1.54, 1.807) is 17.0 Å². The van der Waals surface area contributed by atoms with E-state index in [4.69, 9.17) is 14.2 Å². The molecule has 0 bridgehead atoms. The number of hydrogen-bond acceptors (Lipinski definition) is 6. The zero-order valence-electron chi connectivity index (χ0n) is 17.3. The van der Waals surface area contributed by atoms with Gasteiger partial charge >= 0.3 is 0 Å². The highest BCUT2D eigenvalue weighted by molar-refractivity contribution is 7.89. The fourth-order valence-corrected chi connectivity index (χ4v) is 4.65. The molecule has 0 spiro atoms. The number of carbonyl (C=O) groups excluding carboxylic acids is 1. The molecule has 30 heavy (non-hydrogen) atoms. The van der Waals surface area contributed by atoms with Crippen LogP contribution >= 0.6 is 0 Å². The van der Waals surface area contributed by atoms with Gasteiger partial charge in [-0.3, -0.25) is 4.79 Å². The standard InChI is InChI=1S/C21H26N2O6S/c1-4-29-17-7-5-16(6-8-17)23-14-15(11-21(23)24)13-22-30(25,26)20-12-18(27-2)9-10-19(20)28-3/h5-10,12,15,22H,4,11,13-14H2,1-3H3. The monoisotopic (exact) mass is 434 g/mol. The van der Waals surface area contributed by atoms with Crippen molar-refractivity contribution in [3.63, 3.8) is 0 Å². The lowest BCUT2D eigenvalue weighted by Crippen LogP contribution is -2.31. The molecule has 1 heterocycles. The van der Waals surface area contributed by atoms with Crippen LogP contribution < -0.4 is 23.8 Å². The Morgan fingerprint density at radius 3 is 2.40 bits per heavy atom. The number of methoxy groups -OCH3 is 2. The Labute approximate surface area is 176 Å². The van der Waals surface area contributed by atoms with Crippen molar-refractivity contribution in [2.24, 2.45) is 5.92 Å². The molecule has 1 amide bonds. The van der Waals surface area contributed by atoms with Crippen molar-refractivity contribution >= 4 is 21.6 Å². The normalized spacial score (nSPS) is 16.6. The summed E-state index contributed by atoms with van der Waals surface area (Å²) in [4.78, 5) is 14.1. The van der Waals surface area contributed by atoms with Gasteiger partial charge in [0.2, 0.25) is 15.9 Å². The van der Waals surface area contributed by atoms with Crippen LogP contribution in [0.3, 0.4) is 0 Å². The minimum Gasteiger partial charge on any atom is -0.497 e. The van der Waals surface area contributed by atoms with E-state index in [0.29, 0.717) is 18.9 Å². The Morgan fingerprint density at radius 1 is 1.07 bits per heavy atom. The summed E-state index contributed by atoms with van der Waals surface area (Å²) < 4.78 is 43.9. The van der Waals surface area contributed by atoms with Gasteiger partial charge in [0.15, 0.2) is 0 Å². The molecule has 1 aliphatic heterocycles. The van der Waals surface area contributed by atoms with Gasteiger partial charge in [0.05, 0.1) is 20.8 Å². The molecule has 1 aliphatic rings. The number of benzene rings is 2. The first-order valence-corrected chi connectivity index (χ1v) is 11.1. The second-order valence-corrected chi connectivity index (χ2v) is 8.61. The van der Waals surface area contributed by atoms with Gasteiger partial charge in [0.1, 0.15) is 22.1 Å². The van der Waals surface area contributed by atoms with E-state index >= 15 is 0 Å². The number of anilines is 1. The molecule has 162 valence electrons. The average Bonchev–Trinajstić information content (AvgIpc) is 3.13. The number of amides is 1. The fraction of sp³-hybridized carbons (Fsp3) is 0.381. The third kappa shape index (κ3) is 4.85. The molecule has 2 aromatic rings. The van der Waals surface area contributed by atoms with Crippen molar-refractivity contribution in [3.8, 4) is 17.2 Å². The van der Waals surface area contributed by atoms with E-state index < -0.39 is 10.0 Å². The second-order valence-electron chi connectivity index (χ2n) is 6.87. The fourth-order valence-electron chi connectivity index (χ4n) is 3.36. The zero-order valence-corrected chi connectivity index (χ0v) is 18.1. The summed E-state index contributed by atoms with van der Waals surface area (Å²) in [6.45, 7) is 3.06. The molecule has 1 saturated heterocycles. The number of nitrogens with zero attached hydrogens (tertiary/aromatic N) is 1. The number of sulfonamides is 1. The van der Waals surface area contributed by atoms with E-state index in [1.807, 2.05) is 31.2 Å². The molecule has 1 fully saturated rings. The maximum atomic E-state index is 12.8. The Kier molecular flexibility index (Phi) is 6.84. The molecular weight excluding hydrogens is 408 g/mol. The molecular formula is C21H26N2O6S. The molecule has 1 N–H and O–H groups in total. The molecule has 3 rings (SSSR count). The lowest BCUT2D eigenvalue weighted by molar-refractivity contribution is -0.117. The van der Waals surface area contributed by atoms with Gasteiger partial charge in [-0.15, -0.1) is 0 Å². The van der Waals surface area contributed by atoms with Crippen LogP contribution in [-0.2, 0) is 14.8 Å². The topological polar surface area (TPSA) is 94.2 Å². The van der Waals surface area contributed by atoms with E-state index in [9.17, 15) is 13.2 Å². The highest BCUT2D eigenvalue weighted by atomic mass is 32.2. The predicted molar refractivity (Wildman–Crippen MR) is 113 cm³/mol. The smallest absolute Gasteiger partial charge is 0.244 e. The first-order chi connectivity index (χ1) is 14.4. The summed E-state index contributed by atoms with van der Waals surface area (Å²) in [5.41, 5.74) is 0.767. The van der Waals surface area contributed by atoms with Crippen LogP contribution in [0.25, 0.3) is 0 Å². The average molecular weight is 435 g/mol. The lowest BCUT2D eigenvalue weighted by atomic mass is 10.1. The van der Waals surface area contributed by atoms with Gasteiger partial charge in [-0.1, -0.05) is 0 Å². The number of carbonyl (C=O) groups is 1. The summed E-state index contributed by atoms with van der Waals surface area (Å²) in [7, 11) is -0.965. The largest absolute Gasteiger partial charge is 0.497 e. The second kappa shape index (κ2) is 9.36. The number of rotatable bonds is 9. The van der Waals surface area contributed by atoms with Crippen LogP contribution in [0.4, 0.5) is 5.69 Å². The minimum atomic E-state index is -3.84.